The van der Waals surface area contributed by atoms with E-state index in [1.165, 1.54) is 11.3 Å². The number of thiazole rings is 1. The van der Waals surface area contributed by atoms with Gasteiger partial charge in [-0.25, -0.2) is 4.98 Å². The predicted octanol–water partition coefficient (Wildman–Crippen LogP) is 2.08. The van der Waals surface area contributed by atoms with Crippen molar-refractivity contribution in [2.24, 2.45) is 0 Å². The van der Waals surface area contributed by atoms with E-state index >= 15 is 0 Å². The smallest absolute Gasteiger partial charge is 0.277 e. The molecular formula is C14H16N4O2S2. The van der Waals surface area contributed by atoms with Crippen LogP contribution >= 0.6 is 11.3 Å². The first-order valence-electron chi connectivity index (χ1n) is 6.76. The standard InChI is InChI=1S/C14H16N4O2S2/c1-11(13-10-18-7-8-21-14(18)16-13)17-22(19,20)15-9-12-5-3-2-4-6-12/h2-8,10-11,15,17H,9H2,1H3/t11-/m1/s1. The van der Waals surface area contributed by atoms with Crippen LogP contribution in [0.2, 0.25) is 0 Å². The van der Waals surface area contributed by atoms with Gasteiger partial charge in [0, 0.05) is 24.3 Å². The molecule has 22 heavy (non-hydrogen) atoms. The molecule has 0 aliphatic rings. The first-order chi connectivity index (χ1) is 10.5. The zero-order valence-corrected chi connectivity index (χ0v) is 13.6. The van der Waals surface area contributed by atoms with Gasteiger partial charge in [0.2, 0.25) is 0 Å². The van der Waals surface area contributed by atoms with E-state index in [0.717, 1.165) is 10.5 Å². The molecule has 0 saturated heterocycles. The molecule has 0 aliphatic carbocycles. The van der Waals surface area contributed by atoms with E-state index in [2.05, 4.69) is 14.4 Å². The lowest BCUT2D eigenvalue weighted by Gasteiger charge is -2.13. The van der Waals surface area contributed by atoms with Crippen molar-refractivity contribution in [1.29, 1.82) is 0 Å². The molecule has 1 atom stereocenters. The summed E-state index contributed by atoms with van der Waals surface area (Å²) in [6.45, 7) is 2.02. The number of imidazole rings is 1. The lowest BCUT2D eigenvalue weighted by molar-refractivity contribution is 0.549. The van der Waals surface area contributed by atoms with E-state index in [4.69, 9.17) is 0 Å². The Bertz CT molecular complexity index is 827. The van der Waals surface area contributed by atoms with Crippen LogP contribution in [0.5, 0.6) is 0 Å². The largest absolute Gasteiger partial charge is 0.297 e. The van der Waals surface area contributed by atoms with Gasteiger partial charge in [-0.1, -0.05) is 30.3 Å². The van der Waals surface area contributed by atoms with Gasteiger partial charge in [0.05, 0.1) is 11.7 Å². The lowest BCUT2D eigenvalue weighted by Crippen LogP contribution is -2.37. The summed E-state index contributed by atoms with van der Waals surface area (Å²) in [6, 6.07) is 8.98. The van der Waals surface area contributed by atoms with E-state index in [0.29, 0.717) is 5.69 Å². The topological polar surface area (TPSA) is 75.5 Å². The van der Waals surface area contributed by atoms with Crippen molar-refractivity contribution in [3.05, 3.63) is 59.4 Å². The third-order valence-corrected chi connectivity index (χ3v) is 5.16. The Kier molecular flexibility index (Phi) is 4.25. The van der Waals surface area contributed by atoms with Crippen LogP contribution in [-0.4, -0.2) is 17.8 Å². The maximum atomic E-state index is 12.1. The maximum Gasteiger partial charge on any atom is 0.277 e. The van der Waals surface area contributed by atoms with Gasteiger partial charge in [-0.3, -0.25) is 4.40 Å². The molecule has 0 saturated carbocycles. The highest BCUT2D eigenvalue weighted by Crippen LogP contribution is 2.17. The highest BCUT2D eigenvalue weighted by molar-refractivity contribution is 7.87. The fourth-order valence-corrected chi connectivity index (χ4v) is 3.80. The number of fused-ring (bicyclic) bond motifs is 1. The van der Waals surface area contributed by atoms with Gasteiger partial charge in [-0.2, -0.15) is 17.9 Å². The molecule has 0 spiro atoms. The van der Waals surface area contributed by atoms with E-state index in [-0.39, 0.29) is 6.54 Å². The Morgan fingerprint density at radius 1 is 1.32 bits per heavy atom. The van der Waals surface area contributed by atoms with Crippen LogP contribution in [0.4, 0.5) is 0 Å². The van der Waals surface area contributed by atoms with Crippen LogP contribution in [-0.2, 0) is 16.8 Å². The van der Waals surface area contributed by atoms with E-state index < -0.39 is 16.3 Å². The number of benzene rings is 1. The molecule has 3 aromatic rings. The molecule has 0 fully saturated rings. The Balaban J connectivity index is 1.64. The molecule has 3 rings (SSSR count). The molecule has 2 aromatic heterocycles. The van der Waals surface area contributed by atoms with Crippen molar-refractivity contribution < 1.29 is 8.42 Å². The minimum Gasteiger partial charge on any atom is -0.297 e. The number of rotatable bonds is 6. The Labute approximate surface area is 133 Å². The zero-order chi connectivity index (χ0) is 15.6. The van der Waals surface area contributed by atoms with Crippen LogP contribution in [0.3, 0.4) is 0 Å². The monoisotopic (exact) mass is 336 g/mol. The molecule has 0 aliphatic heterocycles. The summed E-state index contributed by atoms with van der Waals surface area (Å²) in [5.41, 5.74) is 1.60. The van der Waals surface area contributed by atoms with Crippen LogP contribution in [0.15, 0.2) is 48.1 Å². The van der Waals surface area contributed by atoms with Crippen LogP contribution in [0, 0.1) is 0 Å². The van der Waals surface area contributed by atoms with Crippen molar-refractivity contribution in [2.75, 3.05) is 0 Å². The van der Waals surface area contributed by atoms with Crippen LogP contribution in [0.1, 0.15) is 24.2 Å². The molecule has 2 N–H and O–H groups in total. The minimum absolute atomic E-state index is 0.251. The Hall–Kier alpha value is -1.74. The molecule has 0 bridgehead atoms. The normalized spacial score (nSPS) is 13.5. The van der Waals surface area contributed by atoms with Gasteiger partial charge in [-0.05, 0) is 12.5 Å². The van der Waals surface area contributed by atoms with Crippen molar-refractivity contribution in [3.8, 4) is 0 Å². The highest BCUT2D eigenvalue weighted by Gasteiger charge is 2.17. The summed E-state index contributed by atoms with van der Waals surface area (Å²) >= 11 is 1.51. The third kappa shape index (κ3) is 3.53. The fraction of sp³-hybridized carbons (Fsp3) is 0.214. The van der Waals surface area contributed by atoms with Gasteiger partial charge in [0.15, 0.2) is 4.96 Å². The maximum absolute atomic E-state index is 12.1. The Morgan fingerprint density at radius 3 is 2.82 bits per heavy atom. The van der Waals surface area contributed by atoms with Crippen LogP contribution < -0.4 is 9.44 Å². The van der Waals surface area contributed by atoms with Crippen molar-refractivity contribution in [3.63, 3.8) is 0 Å². The third-order valence-electron chi connectivity index (χ3n) is 3.20. The first kappa shape index (κ1) is 15.2. The summed E-state index contributed by atoms with van der Waals surface area (Å²) in [7, 11) is -3.59. The number of hydrogen-bond acceptors (Lipinski definition) is 4. The minimum atomic E-state index is -3.59. The molecular weight excluding hydrogens is 320 g/mol. The summed E-state index contributed by atoms with van der Waals surface area (Å²) < 4.78 is 31.2. The van der Waals surface area contributed by atoms with Crippen molar-refractivity contribution in [1.82, 2.24) is 18.8 Å². The molecule has 116 valence electrons. The van der Waals surface area contributed by atoms with E-state index in [9.17, 15) is 8.42 Å². The van der Waals surface area contributed by atoms with Gasteiger partial charge in [-0.15, -0.1) is 11.3 Å². The fourth-order valence-electron chi connectivity index (χ4n) is 2.06. The molecule has 0 radical (unpaired) electrons. The highest BCUT2D eigenvalue weighted by atomic mass is 32.2. The lowest BCUT2D eigenvalue weighted by atomic mass is 10.2. The van der Waals surface area contributed by atoms with Crippen molar-refractivity contribution in [2.45, 2.75) is 19.5 Å². The van der Waals surface area contributed by atoms with Crippen LogP contribution in [0.25, 0.3) is 4.96 Å². The quantitative estimate of drug-likeness (QED) is 0.724. The van der Waals surface area contributed by atoms with Gasteiger partial charge < -0.3 is 0 Å². The van der Waals surface area contributed by atoms with E-state index in [1.807, 2.05) is 52.5 Å². The molecule has 2 heterocycles. The summed E-state index contributed by atoms with van der Waals surface area (Å²) in [6.07, 6.45) is 3.72. The van der Waals surface area contributed by atoms with Crippen molar-refractivity contribution >= 4 is 26.5 Å². The summed E-state index contributed by atoms with van der Waals surface area (Å²) in [5, 5.41) is 1.93. The van der Waals surface area contributed by atoms with Gasteiger partial charge >= 0.3 is 0 Å². The summed E-state index contributed by atoms with van der Waals surface area (Å²) in [5.74, 6) is 0. The molecule has 6 nitrogen and oxygen atoms in total. The van der Waals surface area contributed by atoms with E-state index in [1.54, 1.807) is 6.92 Å². The Morgan fingerprint density at radius 2 is 2.09 bits per heavy atom. The number of hydrogen-bond donors (Lipinski definition) is 2. The molecule has 1 aromatic carbocycles. The second-order valence-corrected chi connectivity index (χ2v) is 7.31. The second-order valence-electron chi connectivity index (χ2n) is 4.91. The zero-order valence-electron chi connectivity index (χ0n) is 11.9. The molecule has 0 amide bonds. The second kappa shape index (κ2) is 6.17. The SMILES string of the molecule is C[C@@H](NS(=O)(=O)NCc1ccccc1)c1cn2ccsc2n1. The number of aromatic nitrogens is 2. The average molecular weight is 336 g/mol. The molecule has 8 heteroatoms. The average Bonchev–Trinajstić information content (AvgIpc) is 3.07. The molecule has 0 unspecified atom stereocenters. The number of nitrogens with zero attached hydrogens (tertiary/aromatic N) is 2. The van der Waals surface area contributed by atoms with Gasteiger partial charge in [0.1, 0.15) is 0 Å². The summed E-state index contributed by atoms with van der Waals surface area (Å²) in [4.78, 5) is 5.25. The predicted molar refractivity (Wildman–Crippen MR) is 86.8 cm³/mol. The first-order valence-corrected chi connectivity index (χ1v) is 9.13. The van der Waals surface area contributed by atoms with Gasteiger partial charge in [0.25, 0.3) is 10.2 Å². The number of nitrogens with one attached hydrogen (secondary N) is 2.